The van der Waals surface area contributed by atoms with Crippen molar-refractivity contribution in [1.29, 1.82) is 0 Å². The second-order valence-electron chi connectivity index (χ2n) is 6.04. The molecule has 3 rings (SSSR count). The van der Waals surface area contributed by atoms with Crippen LogP contribution in [0.25, 0.3) is 22.3 Å². The van der Waals surface area contributed by atoms with E-state index in [0.29, 0.717) is 22.6 Å². The quantitative estimate of drug-likeness (QED) is 0.713. The number of rotatable bonds is 3. The van der Waals surface area contributed by atoms with E-state index in [2.05, 4.69) is 46.9 Å². The summed E-state index contributed by atoms with van der Waals surface area (Å²) in [6, 6.07) is 13.4. The third kappa shape index (κ3) is 3.01. The van der Waals surface area contributed by atoms with Crippen LogP contribution in [-0.2, 0) is 6.42 Å². The van der Waals surface area contributed by atoms with Gasteiger partial charge in [0.1, 0.15) is 0 Å². The van der Waals surface area contributed by atoms with Gasteiger partial charge in [-0.2, -0.15) is 0 Å². The number of fused-ring (bicyclic) bond motifs is 1. The fourth-order valence-corrected chi connectivity index (χ4v) is 3.11. The minimum atomic E-state index is -0.252. The zero-order valence-corrected chi connectivity index (χ0v) is 14.7. The number of nitrogen functional groups attached to an aromatic ring is 1. The van der Waals surface area contributed by atoms with Crippen LogP contribution in [0.1, 0.15) is 19.4 Å². The summed E-state index contributed by atoms with van der Waals surface area (Å²) in [6.07, 6.45) is 1.02. The van der Waals surface area contributed by atoms with Gasteiger partial charge in [0.2, 0.25) is 0 Å². The first-order chi connectivity index (χ1) is 11.0. The van der Waals surface area contributed by atoms with Gasteiger partial charge in [0.15, 0.2) is 5.82 Å². The molecule has 2 aromatic carbocycles. The Morgan fingerprint density at radius 3 is 2.52 bits per heavy atom. The predicted molar refractivity (Wildman–Crippen MR) is 97.8 cm³/mol. The third-order valence-electron chi connectivity index (χ3n) is 3.74. The molecule has 0 unspecified atom stereocenters. The van der Waals surface area contributed by atoms with Gasteiger partial charge in [-0.3, -0.25) is 4.79 Å². The minimum Gasteiger partial charge on any atom is -0.334 e. The fourth-order valence-electron chi connectivity index (χ4n) is 2.65. The molecule has 1 heterocycles. The van der Waals surface area contributed by atoms with E-state index in [0.717, 1.165) is 21.1 Å². The molecule has 0 radical (unpaired) electrons. The maximum absolute atomic E-state index is 12.5. The van der Waals surface area contributed by atoms with Crippen LogP contribution in [0.2, 0.25) is 0 Å². The summed E-state index contributed by atoms with van der Waals surface area (Å²) >= 11 is 3.45. The van der Waals surface area contributed by atoms with Gasteiger partial charge < -0.3 is 5.84 Å². The molecule has 0 amide bonds. The van der Waals surface area contributed by atoms with Gasteiger partial charge in [-0.15, -0.1) is 0 Å². The number of nitrogens with zero attached hydrogens (tertiary/aromatic N) is 2. The molecule has 3 aromatic rings. The average molecular weight is 372 g/mol. The molecule has 4 nitrogen and oxygen atoms in total. The van der Waals surface area contributed by atoms with E-state index in [-0.39, 0.29) is 5.56 Å². The molecule has 0 spiro atoms. The Bertz CT molecular complexity index is 914. The zero-order valence-electron chi connectivity index (χ0n) is 13.1. The normalized spacial score (nSPS) is 11.3. The maximum Gasteiger partial charge on any atom is 0.280 e. The van der Waals surface area contributed by atoms with Crippen molar-refractivity contribution >= 4 is 26.8 Å². The summed E-state index contributed by atoms with van der Waals surface area (Å²) < 4.78 is 1.90. The smallest absolute Gasteiger partial charge is 0.280 e. The first kappa shape index (κ1) is 15.7. The van der Waals surface area contributed by atoms with E-state index in [9.17, 15) is 4.79 Å². The zero-order chi connectivity index (χ0) is 16.6. The standard InChI is InChI=1S/C18H18BrN3O/c1-11(2)10-12-6-8-13(9-7-12)17-21-16-14(18(23)22(17)20)4-3-5-15(16)19/h3-9,11H,10,20H2,1-2H3. The van der Waals surface area contributed by atoms with Gasteiger partial charge in [-0.25, -0.2) is 9.66 Å². The van der Waals surface area contributed by atoms with Gasteiger partial charge in [0.05, 0.1) is 10.9 Å². The molecule has 0 bridgehead atoms. The number of hydrogen-bond donors (Lipinski definition) is 1. The fraction of sp³-hybridized carbons (Fsp3) is 0.222. The van der Waals surface area contributed by atoms with Crippen LogP contribution in [0.3, 0.4) is 0 Å². The number of hydrogen-bond acceptors (Lipinski definition) is 3. The number of nitrogens with two attached hydrogens (primary N) is 1. The highest BCUT2D eigenvalue weighted by Gasteiger charge is 2.12. The minimum absolute atomic E-state index is 0.252. The van der Waals surface area contributed by atoms with Crippen LogP contribution in [0.5, 0.6) is 0 Å². The second-order valence-corrected chi connectivity index (χ2v) is 6.90. The van der Waals surface area contributed by atoms with Crippen molar-refractivity contribution in [3.8, 4) is 11.4 Å². The van der Waals surface area contributed by atoms with Gasteiger partial charge >= 0.3 is 0 Å². The lowest BCUT2D eigenvalue weighted by molar-refractivity contribution is 0.647. The van der Waals surface area contributed by atoms with Crippen molar-refractivity contribution < 1.29 is 0 Å². The maximum atomic E-state index is 12.5. The van der Waals surface area contributed by atoms with E-state index in [1.165, 1.54) is 5.56 Å². The van der Waals surface area contributed by atoms with E-state index >= 15 is 0 Å². The van der Waals surface area contributed by atoms with Crippen molar-refractivity contribution in [3.63, 3.8) is 0 Å². The largest absolute Gasteiger partial charge is 0.334 e. The van der Waals surface area contributed by atoms with Crippen LogP contribution in [0.4, 0.5) is 0 Å². The van der Waals surface area contributed by atoms with Crippen LogP contribution in [0, 0.1) is 5.92 Å². The molecule has 0 aliphatic heterocycles. The van der Waals surface area contributed by atoms with Crippen molar-refractivity contribution in [2.24, 2.45) is 5.92 Å². The molecule has 2 N–H and O–H groups in total. The van der Waals surface area contributed by atoms with Crippen molar-refractivity contribution in [1.82, 2.24) is 9.66 Å². The number of para-hydroxylation sites is 1. The lowest BCUT2D eigenvalue weighted by atomic mass is 10.0. The molecule has 0 aliphatic carbocycles. The molecule has 0 aliphatic rings. The van der Waals surface area contributed by atoms with E-state index in [1.807, 2.05) is 18.2 Å². The predicted octanol–water partition coefficient (Wildman–Crippen LogP) is 3.74. The van der Waals surface area contributed by atoms with Gasteiger partial charge in [-0.05, 0) is 46.0 Å². The Hall–Kier alpha value is -2.14. The summed E-state index contributed by atoms with van der Waals surface area (Å²) in [7, 11) is 0. The summed E-state index contributed by atoms with van der Waals surface area (Å²) in [4.78, 5) is 17.1. The molecule has 5 heteroatoms. The van der Waals surface area contributed by atoms with Crippen molar-refractivity contribution in [2.75, 3.05) is 5.84 Å². The Morgan fingerprint density at radius 1 is 1.17 bits per heavy atom. The Kier molecular flexibility index (Phi) is 4.22. The number of benzene rings is 2. The van der Waals surface area contributed by atoms with Crippen molar-refractivity contribution in [3.05, 3.63) is 62.9 Å². The van der Waals surface area contributed by atoms with Crippen LogP contribution in [-0.4, -0.2) is 9.66 Å². The van der Waals surface area contributed by atoms with Gasteiger partial charge in [-0.1, -0.05) is 44.2 Å². The molecule has 0 fully saturated rings. The SMILES string of the molecule is CC(C)Cc1ccc(-c2nc3c(Br)cccc3c(=O)n2N)cc1. The highest BCUT2D eigenvalue weighted by molar-refractivity contribution is 9.10. The van der Waals surface area contributed by atoms with E-state index < -0.39 is 0 Å². The van der Waals surface area contributed by atoms with Gasteiger partial charge in [0, 0.05) is 10.0 Å². The lowest BCUT2D eigenvalue weighted by Gasteiger charge is -2.11. The molecular formula is C18H18BrN3O. The highest BCUT2D eigenvalue weighted by Crippen LogP contribution is 2.23. The lowest BCUT2D eigenvalue weighted by Crippen LogP contribution is -2.30. The molecule has 0 saturated heterocycles. The van der Waals surface area contributed by atoms with E-state index in [1.54, 1.807) is 12.1 Å². The second kappa shape index (κ2) is 6.16. The van der Waals surface area contributed by atoms with Crippen LogP contribution in [0.15, 0.2) is 51.7 Å². The molecule has 23 heavy (non-hydrogen) atoms. The number of aromatic nitrogens is 2. The van der Waals surface area contributed by atoms with Gasteiger partial charge in [0.25, 0.3) is 5.56 Å². The highest BCUT2D eigenvalue weighted by atomic mass is 79.9. The Labute approximate surface area is 143 Å². The molecule has 118 valence electrons. The summed E-state index contributed by atoms with van der Waals surface area (Å²) in [6.45, 7) is 4.38. The molecule has 0 saturated carbocycles. The first-order valence-corrected chi connectivity index (χ1v) is 8.32. The third-order valence-corrected chi connectivity index (χ3v) is 4.38. The molecule has 0 atom stereocenters. The number of halogens is 1. The molecule has 1 aromatic heterocycles. The van der Waals surface area contributed by atoms with Crippen LogP contribution < -0.4 is 11.4 Å². The van der Waals surface area contributed by atoms with Crippen LogP contribution >= 0.6 is 15.9 Å². The Morgan fingerprint density at radius 2 is 1.87 bits per heavy atom. The topological polar surface area (TPSA) is 60.9 Å². The first-order valence-electron chi connectivity index (χ1n) is 7.53. The van der Waals surface area contributed by atoms with E-state index in [4.69, 9.17) is 5.84 Å². The monoisotopic (exact) mass is 371 g/mol. The Balaban J connectivity index is 2.14. The summed E-state index contributed by atoms with van der Waals surface area (Å²) in [5, 5.41) is 0.502. The average Bonchev–Trinajstić information content (AvgIpc) is 2.52. The summed E-state index contributed by atoms with van der Waals surface area (Å²) in [5.74, 6) is 7.04. The van der Waals surface area contributed by atoms with Crippen molar-refractivity contribution in [2.45, 2.75) is 20.3 Å². The summed E-state index contributed by atoms with van der Waals surface area (Å²) in [5.41, 5.74) is 2.46. The molecular weight excluding hydrogens is 354 g/mol.